The van der Waals surface area contributed by atoms with Crippen molar-refractivity contribution < 1.29 is 39.1 Å². The number of hydrogen-bond acceptors (Lipinski definition) is 9. The molecule has 11 heteroatoms. The van der Waals surface area contributed by atoms with Gasteiger partial charge in [-0.25, -0.2) is 0 Å². The largest absolute Gasteiger partial charge is 0.504 e. The number of fused-ring (bicyclic) bond motifs is 4. The maximum Gasteiger partial charge on any atom is 0.255 e. The number of methoxy groups -OCH3 is 1. The molecular weight excluding hydrogens is 470 g/mol. The third-order valence-electron chi connectivity index (χ3n) is 7.05. The first kappa shape index (κ1) is 24.3. The molecule has 0 unspecified atom stereocenters. The van der Waals surface area contributed by atoms with Crippen LogP contribution in [0.2, 0.25) is 0 Å². The normalized spacial score (nSPS) is 28.3. The molecular formula is C25H29N3O8. The van der Waals surface area contributed by atoms with Crippen LogP contribution in [0.1, 0.15) is 37.8 Å². The molecule has 0 aromatic heterocycles. The second-order valence-corrected chi connectivity index (χ2v) is 9.52. The molecule has 2 heterocycles. The van der Waals surface area contributed by atoms with Crippen LogP contribution in [0.25, 0.3) is 0 Å². The molecule has 0 spiro atoms. The second-order valence-electron chi connectivity index (χ2n) is 9.52. The van der Waals surface area contributed by atoms with E-state index in [0.29, 0.717) is 17.7 Å². The number of aliphatic hydroxyl groups is 2. The SMILES string of the molecule is CO[C@@H]1[C@@H](O)[C@H](NC(=O)c2ccccc2CN(C)C)[C@@H]2c3cc4c(c(O)c3C(=O)N[C@H]2[C@@H]1O)OCO4. The number of hydrogen-bond donors (Lipinski definition) is 5. The van der Waals surface area contributed by atoms with Gasteiger partial charge < -0.3 is 45.1 Å². The van der Waals surface area contributed by atoms with Crippen molar-refractivity contribution in [2.75, 3.05) is 28.0 Å². The molecule has 1 saturated carbocycles. The van der Waals surface area contributed by atoms with Gasteiger partial charge in [-0.2, -0.15) is 0 Å². The summed E-state index contributed by atoms with van der Waals surface area (Å²) < 4.78 is 16.1. The molecule has 36 heavy (non-hydrogen) atoms. The minimum Gasteiger partial charge on any atom is -0.504 e. The van der Waals surface area contributed by atoms with E-state index in [1.807, 2.05) is 31.1 Å². The van der Waals surface area contributed by atoms with Crippen LogP contribution in [0.3, 0.4) is 0 Å². The highest BCUT2D eigenvalue weighted by Crippen LogP contribution is 2.50. The summed E-state index contributed by atoms with van der Waals surface area (Å²) in [6, 6.07) is 6.80. The van der Waals surface area contributed by atoms with Crippen molar-refractivity contribution in [3.63, 3.8) is 0 Å². The lowest BCUT2D eigenvalue weighted by molar-refractivity contribution is -0.132. The molecule has 0 radical (unpaired) electrons. The zero-order valence-corrected chi connectivity index (χ0v) is 20.1. The fourth-order valence-corrected chi connectivity index (χ4v) is 5.49. The smallest absolute Gasteiger partial charge is 0.255 e. The average Bonchev–Trinajstić information content (AvgIpc) is 3.31. The number of nitrogens with zero attached hydrogens (tertiary/aromatic N) is 1. The Bertz CT molecular complexity index is 1200. The summed E-state index contributed by atoms with van der Waals surface area (Å²) in [4.78, 5) is 28.5. The van der Waals surface area contributed by atoms with Crippen molar-refractivity contribution in [1.82, 2.24) is 15.5 Å². The maximum absolute atomic E-state index is 13.5. The summed E-state index contributed by atoms with van der Waals surface area (Å²) in [6.45, 7) is 0.403. The Morgan fingerprint density at radius 2 is 1.97 bits per heavy atom. The lowest BCUT2D eigenvalue weighted by Gasteiger charge is -2.50. The van der Waals surface area contributed by atoms with Crippen LogP contribution in [0, 0.1) is 0 Å². The van der Waals surface area contributed by atoms with Gasteiger partial charge in [0.05, 0.1) is 17.6 Å². The van der Waals surface area contributed by atoms with Gasteiger partial charge >= 0.3 is 0 Å². The Morgan fingerprint density at radius 3 is 2.69 bits per heavy atom. The molecule has 2 aliphatic heterocycles. The van der Waals surface area contributed by atoms with E-state index in [4.69, 9.17) is 14.2 Å². The number of aliphatic hydroxyl groups excluding tert-OH is 2. The summed E-state index contributed by atoms with van der Waals surface area (Å²) in [5.41, 5.74) is 1.50. The fraction of sp³-hybridized carbons (Fsp3) is 0.440. The van der Waals surface area contributed by atoms with Gasteiger partial charge in [-0.3, -0.25) is 9.59 Å². The van der Waals surface area contributed by atoms with E-state index in [1.54, 1.807) is 18.2 Å². The quantitative estimate of drug-likeness (QED) is 0.381. The van der Waals surface area contributed by atoms with Gasteiger partial charge in [0.1, 0.15) is 18.3 Å². The van der Waals surface area contributed by atoms with Crippen LogP contribution in [0.5, 0.6) is 17.2 Å². The van der Waals surface area contributed by atoms with E-state index >= 15 is 0 Å². The van der Waals surface area contributed by atoms with Crippen molar-refractivity contribution in [3.05, 3.63) is 52.6 Å². The summed E-state index contributed by atoms with van der Waals surface area (Å²) in [5.74, 6) is -1.96. The first-order valence-corrected chi connectivity index (χ1v) is 11.6. The highest BCUT2D eigenvalue weighted by Gasteiger charge is 2.55. The summed E-state index contributed by atoms with van der Waals surface area (Å²) in [7, 11) is 5.13. The molecule has 0 bridgehead atoms. The zero-order chi connectivity index (χ0) is 25.7. The Hall–Kier alpha value is -3.38. The average molecular weight is 500 g/mol. The molecule has 1 aliphatic carbocycles. The van der Waals surface area contributed by atoms with Crippen LogP contribution >= 0.6 is 0 Å². The molecule has 2 amide bonds. The highest BCUT2D eigenvalue weighted by atomic mass is 16.7. The Labute approximate surface area is 207 Å². The molecule has 5 N–H and O–H groups in total. The molecule has 3 aliphatic rings. The Kier molecular flexibility index (Phi) is 6.25. The fourth-order valence-electron chi connectivity index (χ4n) is 5.49. The topological polar surface area (TPSA) is 150 Å². The summed E-state index contributed by atoms with van der Waals surface area (Å²) in [6.07, 6.45) is -3.70. The number of benzene rings is 2. The number of rotatable bonds is 5. The van der Waals surface area contributed by atoms with Crippen molar-refractivity contribution in [2.24, 2.45) is 0 Å². The number of phenols is 1. The number of nitrogens with one attached hydrogen (secondary N) is 2. The molecule has 6 atom stereocenters. The maximum atomic E-state index is 13.5. The number of ether oxygens (including phenoxy) is 3. The molecule has 11 nitrogen and oxygen atoms in total. The highest BCUT2D eigenvalue weighted by molar-refractivity contribution is 6.02. The monoisotopic (exact) mass is 499 g/mol. The molecule has 1 fully saturated rings. The second kappa shape index (κ2) is 9.25. The van der Waals surface area contributed by atoms with Gasteiger partial charge in [-0.15, -0.1) is 0 Å². The number of amides is 2. The van der Waals surface area contributed by atoms with Gasteiger partial charge in [0.2, 0.25) is 12.5 Å². The molecule has 2 aromatic rings. The Morgan fingerprint density at radius 1 is 1.22 bits per heavy atom. The van der Waals surface area contributed by atoms with Crippen LogP contribution in [-0.2, 0) is 11.3 Å². The van der Waals surface area contributed by atoms with Crippen LogP contribution < -0.4 is 20.1 Å². The molecule has 2 aromatic carbocycles. The zero-order valence-electron chi connectivity index (χ0n) is 20.1. The van der Waals surface area contributed by atoms with Crippen LogP contribution in [0.4, 0.5) is 0 Å². The number of carbonyl (C=O) groups excluding carboxylic acids is 2. The van der Waals surface area contributed by atoms with Gasteiger partial charge in [-0.05, 0) is 37.4 Å². The summed E-state index contributed by atoms with van der Waals surface area (Å²) in [5, 5.41) is 38.7. The van der Waals surface area contributed by atoms with Crippen LogP contribution in [0.15, 0.2) is 30.3 Å². The standard InChI is InChI=1S/C25H29N3O8/c1-28(2)9-11-6-4-5-7-12(11)24(32)26-17-15-13-8-14-22(36-10-35-14)19(29)16(13)25(33)27-18(15)21(31)23(34-3)20(17)30/h4-8,15,17-18,20-21,23,29-31H,9-10H2,1-3H3,(H,26,32)(H,27,33)/t15-,17+,18+,20-,21-,23+/m0/s1. The first-order valence-electron chi connectivity index (χ1n) is 11.6. The van der Waals surface area contributed by atoms with Crippen molar-refractivity contribution in [1.29, 1.82) is 0 Å². The predicted molar refractivity (Wildman–Crippen MR) is 126 cm³/mol. The first-order chi connectivity index (χ1) is 17.2. The van der Waals surface area contributed by atoms with Crippen LogP contribution in [-0.4, -0.2) is 90.4 Å². The van der Waals surface area contributed by atoms with Crippen molar-refractivity contribution in [2.45, 2.75) is 42.9 Å². The molecule has 192 valence electrons. The van der Waals surface area contributed by atoms with Crippen molar-refractivity contribution in [3.8, 4) is 17.2 Å². The van der Waals surface area contributed by atoms with Crippen molar-refractivity contribution >= 4 is 11.8 Å². The van der Waals surface area contributed by atoms with E-state index in [9.17, 15) is 24.9 Å². The van der Waals surface area contributed by atoms with E-state index in [1.165, 1.54) is 7.11 Å². The Balaban J connectivity index is 1.59. The van der Waals surface area contributed by atoms with E-state index in [2.05, 4.69) is 10.6 Å². The third-order valence-corrected chi connectivity index (χ3v) is 7.05. The lowest BCUT2D eigenvalue weighted by Crippen LogP contribution is -2.70. The van der Waals surface area contributed by atoms with E-state index in [0.717, 1.165) is 5.56 Å². The number of phenolic OH excluding ortho intramolecular Hbond substituents is 1. The molecule has 5 rings (SSSR count). The van der Waals surface area contributed by atoms with Gasteiger partial charge in [0.25, 0.3) is 11.8 Å². The minimum atomic E-state index is -1.33. The number of carbonyl (C=O) groups is 2. The van der Waals surface area contributed by atoms with E-state index < -0.39 is 53.9 Å². The van der Waals surface area contributed by atoms with E-state index in [-0.39, 0.29) is 23.9 Å². The third kappa shape index (κ3) is 3.84. The molecule has 0 saturated heterocycles. The summed E-state index contributed by atoms with van der Waals surface area (Å²) >= 11 is 0. The lowest BCUT2D eigenvalue weighted by atomic mass is 9.68. The van der Waals surface area contributed by atoms with Gasteiger partial charge in [0.15, 0.2) is 11.5 Å². The van der Waals surface area contributed by atoms with Gasteiger partial charge in [0, 0.05) is 25.1 Å². The predicted octanol–water partition coefficient (Wildman–Crippen LogP) is -0.0729. The minimum absolute atomic E-state index is 0.0484. The van der Waals surface area contributed by atoms with Gasteiger partial charge in [-0.1, -0.05) is 18.2 Å². The number of aromatic hydroxyl groups is 1.